The number of amides is 2. The van der Waals surface area contributed by atoms with Gasteiger partial charge in [0.05, 0.1) is 11.9 Å². The van der Waals surface area contributed by atoms with Crippen molar-refractivity contribution in [2.24, 2.45) is 0 Å². The normalized spacial score (nSPS) is 12.2. The van der Waals surface area contributed by atoms with Crippen molar-refractivity contribution < 1.29 is 18.0 Å². The molecule has 0 bridgehead atoms. The highest BCUT2D eigenvalue weighted by molar-refractivity contribution is 7.92. The van der Waals surface area contributed by atoms with E-state index in [2.05, 4.69) is 5.32 Å². The zero-order valence-corrected chi connectivity index (χ0v) is 21.0. The Kier molecular flexibility index (Phi) is 9.46. The Labute approximate surface area is 197 Å². The molecular formula is C25H35N3O4S. The van der Waals surface area contributed by atoms with Gasteiger partial charge in [0, 0.05) is 13.1 Å². The van der Waals surface area contributed by atoms with E-state index in [1.165, 1.54) is 4.90 Å². The van der Waals surface area contributed by atoms with Gasteiger partial charge in [-0.15, -0.1) is 0 Å². The third-order valence-electron chi connectivity index (χ3n) is 5.43. The van der Waals surface area contributed by atoms with Crippen LogP contribution < -0.4 is 9.62 Å². The highest BCUT2D eigenvalue weighted by atomic mass is 32.2. The molecule has 2 aromatic carbocycles. The molecule has 0 aromatic heterocycles. The molecule has 0 fully saturated rings. The van der Waals surface area contributed by atoms with Gasteiger partial charge in [0.1, 0.15) is 12.6 Å². The molecule has 0 saturated carbocycles. The van der Waals surface area contributed by atoms with Gasteiger partial charge in [-0.05, 0) is 44.9 Å². The molecule has 0 heterocycles. The largest absolute Gasteiger partial charge is 0.354 e. The number of rotatable bonds is 11. The summed E-state index contributed by atoms with van der Waals surface area (Å²) in [5.41, 5.74) is 3.30. The van der Waals surface area contributed by atoms with Crippen molar-refractivity contribution in [2.45, 2.75) is 53.1 Å². The smallest absolute Gasteiger partial charge is 0.244 e. The molecule has 1 N–H and O–H groups in total. The third kappa shape index (κ3) is 7.89. The fourth-order valence-electron chi connectivity index (χ4n) is 3.45. The van der Waals surface area contributed by atoms with Crippen LogP contribution in [0.5, 0.6) is 0 Å². The van der Waals surface area contributed by atoms with Gasteiger partial charge in [-0.1, -0.05) is 60.9 Å². The highest BCUT2D eigenvalue weighted by Gasteiger charge is 2.30. The molecular weight excluding hydrogens is 438 g/mol. The maximum atomic E-state index is 13.4. The maximum absolute atomic E-state index is 13.4. The fraction of sp³-hybridized carbons (Fsp3) is 0.440. The molecule has 2 aromatic rings. The van der Waals surface area contributed by atoms with E-state index in [1.54, 1.807) is 31.2 Å². The number of nitrogens with one attached hydrogen (secondary N) is 1. The number of anilines is 1. The first-order valence-electron chi connectivity index (χ1n) is 11.2. The number of hydrogen-bond acceptors (Lipinski definition) is 4. The van der Waals surface area contributed by atoms with Crippen LogP contribution in [-0.4, -0.2) is 50.5 Å². The first-order valence-corrected chi connectivity index (χ1v) is 13.0. The first kappa shape index (κ1) is 26.4. The number of carbonyl (C=O) groups is 2. The van der Waals surface area contributed by atoms with Gasteiger partial charge >= 0.3 is 0 Å². The molecule has 0 radical (unpaired) electrons. The average molecular weight is 474 g/mol. The summed E-state index contributed by atoms with van der Waals surface area (Å²) in [6.45, 7) is 7.92. The summed E-state index contributed by atoms with van der Waals surface area (Å²) in [5.74, 6) is -0.702. The van der Waals surface area contributed by atoms with Gasteiger partial charge in [-0.25, -0.2) is 8.42 Å². The summed E-state index contributed by atoms with van der Waals surface area (Å²) in [7, 11) is -3.72. The Morgan fingerprint density at radius 3 is 2.27 bits per heavy atom. The van der Waals surface area contributed by atoms with Gasteiger partial charge in [-0.2, -0.15) is 0 Å². The second-order valence-electron chi connectivity index (χ2n) is 8.44. The molecule has 2 amide bonds. The summed E-state index contributed by atoms with van der Waals surface area (Å²) in [6.07, 6.45) is 2.87. The van der Waals surface area contributed by atoms with Gasteiger partial charge in [0.15, 0.2) is 0 Å². The van der Waals surface area contributed by atoms with Crippen molar-refractivity contribution in [1.29, 1.82) is 0 Å². The second-order valence-corrected chi connectivity index (χ2v) is 10.3. The molecule has 0 aliphatic rings. The van der Waals surface area contributed by atoms with E-state index in [4.69, 9.17) is 0 Å². The van der Waals surface area contributed by atoms with Crippen molar-refractivity contribution >= 4 is 27.5 Å². The van der Waals surface area contributed by atoms with Crippen LogP contribution >= 0.6 is 0 Å². The Hall–Kier alpha value is -2.87. The van der Waals surface area contributed by atoms with Crippen LogP contribution in [0.4, 0.5) is 5.69 Å². The van der Waals surface area contributed by atoms with Crippen LogP contribution in [-0.2, 0) is 26.2 Å². The number of benzene rings is 2. The first-order chi connectivity index (χ1) is 15.5. The van der Waals surface area contributed by atoms with Crippen LogP contribution in [0.1, 0.15) is 43.4 Å². The van der Waals surface area contributed by atoms with Crippen molar-refractivity contribution in [3.8, 4) is 0 Å². The van der Waals surface area contributed by atoms with Crippen LogP contribution in [0.15, 0.2) is 48.5 Å². The lowest BCUT2D eigenvalue weighted by Gasteiger charge is -2.31. The predicted octanol–water partition coefficient (Wildman–Crippen LogP) is 3.40. The molecule has 33 heavy (non-hydrogen) atoms. The standard InChI is InChI=1S/C25H35N3O4S/c1-6-7-15-26-25(30)21(4)27(17-22-10-8-9-20(3)16-22)24(29)18-28(33(5,31)32)23-13-11-19(2)12-14-23/h8-14,16,21H,6-7,15,17-18H2,1-5H3,(H,26,30)/t21-/m1/s1. The minimum atomic E-state index is -3.72. The van der Waals surface area contributed by atoms with Crippen LogP contribution in [0, 0.1) is 13.8 Å². The highest BCUT2D eigenvalue weighted by Crippen LogP contribution is 2.20. The van der Waals surface area contributed by atoms with Gasteiger partial charge < -0.3 is 10.2 Å². The van der Waals surface area contributed by atoms with Crippen molar-refractivity contribution in [2.75, 3.05) is 23.7 Å². The topological polar surface area (TPSA) is 86.8 Å². The van der Waals surface area contributed by atoms with Gasteiger partial charge in [0.2, 0.25) is 21.8 Å². The summed E-state index contributed by atoms with van der Waals surface area (Å²) in [5, 5.41) is 2.87. The summed E-state index contributed by atoms with van der Waals surface area (Å²) in [6, 6.07) is 13.9. The Bertz CT molecular complexity index is 1050. The fourth-order valence-corrected chi connectivity index (χ4v) is 4.30. The van der Waals surface area contributed by atoms with E-state index in [1.807, 2.05) is 45.0 Å². The van der Waals surface area contributed by atoms with Crippen molar-refractivity contribution in [3.63, 3.8) is 0 Å². The Morgan fingerprint density at radius 1 is 1.03 bits per heavy atom. The van der Waals surface area contributed by atoms with Crippen molar-refractivity contribution in [3.05, 3.63) is 65.2 Å². The predicted molar refractivity (Wildman–Crippen MR) is 132 cm³/mol. The quantitative estimate of drug-likeness (QED) is 0.507. The Morgan fingerprint density at radius 2 is 1.70 bits per heavy atom. The molecule has 1 atom stereocenters. The lowest BCUT2D eigenvalue weighted by molar-refractivity contribution is -0.139. The summed E-state index contributed by atoms with van der Waals surface area (Å²) >= 11 is 0. The average Bonchev–Trinajstić information content (AvgIpc) is 2.75. The molecule has 0 aliphatic carbocycles. The number of aryl methyl sites for hydroxylation is 2. The Balaban J connectivity index is 2.33. The van der Waals surface area contributed by atoms with Crippen molar-refractivity contribution in [1.82, 2.24) is 10.2 Å². The minimum Gasteiger partial charge on any atom is -0.354 e. The number of unbranched alkanes of at least 4 members (excludes halogenated alkanes) is 1. The summed E-state index contributed by atoms with van der Waals surface area (Å²) < 4.78 is 26.1. The second kappa shape index (κ2) is 11.8. The number of sulfonamides is 1. The monoisotopic (exact) mass is 473 g/mol. The molecule has 0 saturated heterocycles. The van der Waals surface area contributed by atoms with Gasteiger partial charge in [-0.3, -0.25) is 13.9 Å². The molecule has 8 heteroatoms. The van der Waals surface area contributed by atoms with Crippen LogP contribution in [0.25, 0.3) is 0 Å². The molecule has 2 rings (SSSR count). The van der Waals surface area contributed by atoms with E-state index in [0.717, 1.165) is 40.1 Å². The zero-order chi connectivity index (χ0) is 24.6. The van der Waals surface area contributed by atoms with E-state index >= 15 is 0 Å². The number of hydrogen-bond donors (Lipinski definition) is 1. The van der Waals surface area contributed by atoms with E-state index in [-0.39, 0.29) is 19.0 Å². The maximum Gasteiger partial charge on any atom is 0.244 e. The van der Waals surface area contributed by atoms with E-state index in [0.29, 0.717) is 12.2 Å². The lowest BCUT2D eigenvalue weighted by Crippen LogP contribution is -2.51. The van der Waals surface area contributed by atoms with Crippen LogP contribution in [0.3, 0.4) is 0 Å². The van der Waals surface area contributed by atoms with E-state index in [9.17, 15) is 18.0 Å². The summed E-state index contributed by atoms with van der Waals surface area (Å²) in [4.78, 5) is 27.7. The van der Waals surface area contributed by atoms with Crippen LogP contribution in [0.2, 0.25) is 0 Å². The SMILES string of the molecule is CCCCNC(=O)[C@@H](C)N(Cc1cccc(C)c1)C(=O)CN(c1ccc(C)cc1)S(C)(=O)=O. The third-order valence-corrected chi connectivity index (χ3v) is 6.57. The molecule has 0 unspecified atom stereocenters. The molecule has 7 nitrogen and oxygen atoms in total. The van der Waals surface area contributed by atoms with Gasteiger partial charge in [0.25, 0.3) is 0 Å². The molecule has 180 valence electrons. The van der Waals surface area contributed by atoms with E-state index < -0.39 is 22.0 Å². The zero-order valence-electron chi connectivity index (χ0n) is 20.2. The minimum absolute atomic E-state index is 0.203. The molecule has 0 spiro atoms. The molecule has 0 aliphatic heterocycles. The lowest BCUT2D eigenvalue weighted by atomic mass is 10.1. The number of nitrogens with zero attached hydrogens (tertiary/aromatic N) is 2. The number of carbonyl (C=O) groups excluding carboxylic acids is 2.